The summed E-state index contributed by atoms with van der Waals surface area (Å²) in [4.78, 5) is 50.2. The summed E-state index contributed by atoms with van der Waals surface area (Å²) in [5.74, 6) is 1.25. The lowest BCUT2D eigenvalue weighted by Crippen LogP contribution is -2.50. The molecule has 0 aromatic carbocycles. The lowest BCUT2D eigenvalue weighted by molar-refractivity contribution is -0.154. The Kier molecular flexibility index (Phi) is 15.8. The van der Waals surface area contributed by atoms with Crippen LogP contribution in [0.3, 0.4) is 0 Å². The second-order valence-corrected chi connectivity index (χ2v) is 10.9. The fraction of sp³-hybridized carbons (Fsp3) is 0.826. The Balaban J connectivity index is 4.46. The zero-order chi connectivity index (χ0) is 25.4. The zero-order valence-corrected chi connectivity index (χ0v) is 22.2. The van der Waals surface area contributed by atoms with Crippen LogP contribution in [0.1, 0.15) is 60.3 Å². The van der Waals surface area contributed by atoms with E-state index >= 15 is 0 Å². The van der Waals surface area contributed by atoms with Crippen LogP contribution in [0.5, 0.6) is 0 Å². The minimum atomic E-state index is -0.761. The number of rotatable bonds is 16. The second kappa shape index (κ2) is 16.7. The van der Waals surface area contributed by atoms with Crippen molar-refractivity contribution in [3.8, 4) is 0 Å². The van der Waals surface area contributed by atoms with Crippen LogP contribution in [0.2, 0.25) is 0 Å². The highest BCUT2D eigenvalue weighted by atomic mass is 32.2. The third kappa shape index (κ3) is 19.4. The predicted octanol–water partition coefficient (Wildman–Crippen LogP) is 1.56. The maximum atomic E-state index is 12.6. The maximum Gasteiger partial charge on any atom is 0.325 e. The first-order valence-corrected chi connectivity index (χ1v) is 12.7. The number of likely N-dealkylation sites (N-methyl/N-ethyl adjacent to an activating group) is 1. The predicted molar refractivity (Wildman–Crippen MR) is 133 cm³/mol. The number of ether oxygens (including phenoxy) is 1. The highest BCUT2D eigenvalue weighted by Gasteiger charge is 2.22. The van der Waals surface area contributed by atoms with Crippen LogP contribution in [0.4, 0.5) is 0 Å². The second-order valence-electron chi connectivity index (χ2n) is 9.73. The van der Waals surface area contributed by atoms with E-state index in [1.165, 1.54) is 0 Å². The first kappa shape index (κ1) is 31.2. The first-order valence-electron chi connectivity index (χ1n) is 11.6. The van der Waals surface area contributed by atoms with Crippen LogP contribution >= 0.6 is 11.8 Å². The Morgan fingerprint density at radius 3 is 2.24 bits per heavy atom. The van der Waals surface area contributed by atoms with Crippen LogP contribution in [0, 0.1) is 5.92 Å². The monoisotopic (exact) mass is 488 g/mol. The van der Waals surface area contributed by atoms with E-state index in [1.807, 2.05) is 0 Å². The van der Waals surface area contributed by atoms with Gasteiger partial charge in [0, 0.05) is 18.7 Å². The Morgan fingerprint density at radius 2 is 1.67 bits per heavy atom. The number of carbonyl (C=O) groups excluding carboxylic acids is 4. The maximum absolute atomic E-state index is 12.6. The number of esters is 1. The Hall–Kier alpha value is -1.81. The summed E-state index contributed by atoms with van der Waals surface area (Å²) in [6.45, 7) is 9.97. The number of hydrogen-bond acceptors (Lipinski definition) is 7. The van der Waals surface area contributed by atoms with Gasteiger partial charge in [-0.3, -0.25) is 19.2 Å². The summed E-state index contributed by atoms with van der Waals surface area (Å²) >= 11 is 1.78. The smallest absolute Gasteiger partial charge is 0.325 e. The van der Waals surface area contributed by atoms with Gasteiger partial charge in [0.2, 0.25) is 17.7 Å². The quantitative estimate of drug-likeness (QED) is 0.223. The molecule has 0 aliphatic rings. The van der Waals surface area contributed by atoms with Crippen molar-refractivity contribution in [1.29, 1.82) is 0 Å². The van der Waals surface area contributed by atoms with Gasteiger partial charge in [0.15, 0.2) is 0 Å². The highest BCUT2D eigenvalue weighted by Crippen LogP contribution is 2.09. The molecule has 0 aliphatic heterocycles. The fourth-order valence-corrected chi connectivity index (χ4v) is 3.70. The minimum absolute atomic E-state index is 0.0252. The van der Waals surface area contributed by atoms with E-state index in [0.717, 1.165) is 11.5 Å². The van der Waals surface area contributed by atoms with Gasteiger partial charge in [-0.15, -0.1) is 0 Å². The molecular weight excluding hydrogens is 444 g/mol. The molecule has 192 valence electrons. The number of nitrogens with zero attached hydrogens (tertiary/aromatic N) is 1. The van der Waals surface area contributed by atoms with Crippen molar-refractivity contribution in [2.75, 3.05) is 45.2 Å². The van der Waals surface area contributed by atoms with Gasteiger partial charge in [-0.2, -0.15) is 11.8 Å². The molecule has 9 nitrogen and oxygen atoms in total. The Labute approximate surface area is 203 Å². The van der Waals surface area contributed by atoms with Crippen LogP contribution < -0.4 is 16.0 Å². The largest absolute Gasteiger partial charge is 0.459 e. The normalized spacial score (nSPS) is 12.4. The molecule has 0 radical (unpaired) electrons. The Morgan fingerprint density at radius 1 is 1.00 bits per heavy atom. The van der Waals surface area contributed by atoms with Gasteiger partial charge in [-0.25, -0.2) is 0 Å². The molecule has 1 unspecified atom stereocenters. The van der Waals surface area contributed by atoms with Crippen molar-refractivity contribution in [2.45, 2.75) is 71.9 Å². The van der Waals surface area contributed by atoms with Gasteiger partial charge in [-0.05, 0) is 65.8 Å². The number of thioether (sulfide) groups is 1. The molecule has 0 bridgehead atoms. The van der Waals surface area contributed by atoms with E-state index in [2.05, 4.69) is 29.8 Å². The number of carbonyl (C=O) groups is 4. The minimum Gasteiger partial charge on any atom is -0.459 e. The molecular formula is C23H44N4O5S. The number of hydrogen-bond donors (Lipinski definition) is 3. The third-order valence-corrected chi connectivity index (χ3v) is 5.50. The third-order valence-electron chi connectivity index (χ3n) is 4.10. The fourth-order valence-electron chi connectivity index (χ4n) is 2.73. The van der Waals surface area contributed by atoms with E-state index in [-0.39, 0.29) is 24.9 Å². The van der Waals surface area contributed by atoms with Crippen molar-refractivity contribution >= 4 is 35.5 Å². The molecule has 3 amide bonds. The van der Waals surface area contributed by atoms with Gasteiger partial charge in [-0.1, -0.05) is 13.8 Å². The van der Waals surface area contributed by atoms with Crippen LogP contribution in [0.15, 0.2) is 0 Å². The average molecular weight is 489 g/mol. The Bertz CT molecular complexity index is 620. The summed E-state index contributed by atoms with van der Waals surface area (Å²) < 4.78 is 5.19. The topological polar surface area (TPSA) is 117 Å². The molecule has 0 spiro atoms. The van der Waals surface area contributed by atoms with Crippen molar-refractivity contribution in [2.24, 2.45) is 5.92 Å². The van der Waals surface area contributed by atoms with E-state index in [1.54, 1.807) is 51.5 Å². The summed E-state index contributed by atoms with van der Waals surface area (Å²) in [7, 11) is 3.53. The van der Waals surface area contributed by atoms with E-state index in [0.29, 0.717) is 38.1 Å². The number of amides is 3. The van der Waals surface area contributed by atoms with Crippen molar-refractivity contribution in [3.63, 3.8) is 0 Å². The van der Waals surface area contributed by atoms with Gasteiger partial charge in [0.1, 0.15) is 18.2 Å². The lowest BCUT2D eigenvalue weighted by atomic mass is 10.1. The van der Waals surface area contributed by atoms with Gasteiger partial charge in [0.25, 0.3) is 0 Å². The van der Waals surface area contributed by atoms with Gasteiger partial charge < -0.3 is 25.6 Å². The summed E-state index contributed by atoms with van der Waals surface area (Å²) in [6, 6.07) is -0.761. The number of nitrogens with one attached hydrogen (secondary N) is 3. The van der Waals surface area contributed by atoms with Crippen molar-refractivity contribution in [3.05, 3.63) is 0 Å². The van der Waals surface area contributed by atoms with Crippen molar-refractivity contribution < 1.29 is 23.9 Å². The van der Waals surface area contributed by atoms with Crippen LogP contribution in [0.25, 0.3) is 0 Å². The highest BCUT2D eigenvalue weighted by molar-refractivity contribution is 7.99. The summed E-state index contributed by atoms with van der Waals surface area (Å²) in [5.41, 5.74) is -0.640. The molecule has 0 aromatic rings. The standard InChI is InChI=1S/C23H44N4O5S/c1-17(2)16-33-13-11-19(28)24-12-9-8-10-18(26-20(29)15-27(6)7)22(31)25-14-21(30)32-23(3,4)5/h17-18H,8-16H2,1-7H3,(H,24,28)(H,25,31)(H,26,29). The molecule has 0 aromatic heterocycles. The van der Waals surface area contributed by atoms with Crippen LogP contribution in [-0.4, -0.2) is 85.5 Å². The summed E-state index contributed by atoms with van der Waals surface area (Å²) in [6.07, 6.45) is 2.21. The zero-order valence-electron chi connectivity index (χ0n) is 21.4. The van der Waals surface area contributed by atoms with Gasteiger partial charge >= 0.3 is 5.97 Å². The molecule has 0 saturated carbocycles. The molecule has 33 heavy (non-hydrogen) atoms. The molecule has 0 saturated heterocycles. The van der Waals surface area contributed by atoms with E-state index < -0.39 is 23.5 Å². The van der Waals surface area contributed by atoms with Gasteiger partial charge in [0.05, 0.1) is 6.54 Å². The van der Waals surface area contributed by atoms with Crippen LogP contribution in [-0.2, 0) is 23.9 Å². The van der Waals surface area contributed by atoms with Crippen molar-refractivity contribution in [1.82, 2.24) is 20.9 Å². The summed E-state index contributed by atoms with van der Waals surface area (Å²) in [5, 5.41) is 8.17. The molecule has 0 aliphatic carbocycles. The first-order chi connectivity index (χ1) is 15.3. The molecule has 10 heteroatoms. The van der Waals surface area contributed by atoms with E-state index in [9.17, 15) is 19.2 Å². The molecule has 0 rings (SSSR count). The number of unbranched alkanes of at least 4 members (excludes halogenated alkanes) is 1. The molecule has 1 atom stereocenters. The van der Waals surface area contributed by atoms with E-state index in [4.69, 9.17) is 4.74 Å². The molecule has 0 heterocycles. The SMILES string of the molecule is CC(C)CSCCC(=O)NCCCCC(NC(=O)CN(C)C)C(=O)NCC(=O)OC(C)(C)C. The lowest BCUT2D eigenvalue weighted by Gasteiger charge is -2.21. The molecule has 3 N–H and O–H groups in total. The average Bonchev–Trinajstić information content (AvgIpc) is 2.66. The molecule has 0 fully saturated rings.